The Morgan fingerprint density at radius 1 is 1.35 bits per heavy atom. The summed E-state index contributed by atoms with van der Waals surface area (Å²) >= 11 is 0. The molecule has 0 unspecified atom stereocenters. The molecule has 23 heavy (non-hydrogen) atoms. The van der Waals surface area contributed by atoms with Crippen LogP contribution in [0, 0.1) is 6.92 Å². The average Bonchev–Trinajstić information content (AvgIpc) is 2.85. The number of hydrogen-bond acceptors (Lipinski definition) is 5. The molecule has 0 aromatic carbocycles. The Balaban J connectivity index is 1.99. The number of carbonyl (C=O) groups excluding carboxylic acids is 1. The molecule has 7 nitrogen and oxygen atoms in total. The molecule has 2 aromatic heterocycles. The smallest absolute Gasteiger partial charge is 0.343 e. The summed E-state index contributed by atoms with van der Waals surface area (Å²) in [5, 5.41) is 4.16. The van der Waals surface area contributed by atoms with E-state index in [1.54, 1.807) is 19.9 Å². The molecule has 0 atom stereocenters. The van der Waals surface area contributed by atoms with E-state index < -0.39 is 5.97 Å². The molecule has 1 aliphatic heterocycles. The Morgan fingerprint density at radius 2 is 2.09 bits per heavy atom. The molecule has 1 aliphatic rings. The number of nitrogens with zero attached hydrogens (tertiary/aromatic N) is 3. The van der Waals surface area contributed by atoms with Crippen molar-refractivity contribution < 1.29 is 9.53 Å². The lowest BCUT2D eigenvalue weighted by Crippen LogP contribution is -2.30. The van der Waals surface area contributed by atoms with Crippen LogP contribution in [0.1, 0.15) is 47.9 Å². The maximum Gasteiger partial charge on any atom is 0.343 e. The molecule has 7 heteroatoms. The van der Waals surface area contributed by atoms with Crippen molar-refractivity contribution in [3.05, 3.63) is 33.4 Å². The van der Waals surface area contributed by atoms with Gasteiger partial charge in [0.05, 0.1) is 12.3 Å². The quantitative estimate of drug-likeness (QED) is 0.864. The topological polar surface area (TPSA) is 79.7 Å². The van der Waals surface area contributed by atoms with Crippen LogP contribution in [0.2, 0.25) is 0 Å². The van der Waals surface area contributed by atoms with Gasteiger partial charge in [-0.2, -0.15) is 9.61 Å². The van der Waals surface area contributed by atoms with Crippen LogP contribution in [-0.2, 0) is 11.3 Å². The van der Waals surface area contributed by atoms with E-state index in [4.69, 9.17) is 4.74 Å². The first-order chi connectivity index (χ1) is 11.1. The summed E-state index contributed by atoms with van der Waals surface area (Å²) in [7, 11) is 0. The first-order valence-electron chi connectivity index (χ1n) is 8.11. The lowest BCUT2D eigenvalue weighted by Gasteiger charge is -2.26. The summed E-state index contributed by atoms with van der Waals surface area (Å²) in [5.74, 6) is -0.453. The number of hydrogen-bond donors (Lipinski definition) is 1. The molecule has 0 saturated carbocycles. The second-order valence-electron chi connectivity index (χ2n) is 5.91. The Bertz CT molecular complexity index is 771. The summed E-state index contributed by atoms with van der Waals surface area (Å²) in [6.45, 7) is 6.50. The summed E-state index contributed by atoms with van der Waals surface area (Å²) in [4.78, 5) is 30.0. The Kier molecular flexibility index (Phi) is 4.47. The standard InChI is InChI=1S/C16H22N4O3/c1-3-23-16(22)14-11(2)18-20-13(21)9-12(17-15(14)20)10-19-7-5-4-6-8-19/h9,17H,3-8,10H2,1-2H3. The van der Waals surface area contributed by atoms with Gasteiger partial charge in [0.25, 0.3) is 5.56 Å². The number of nitrogens with one attached hydrogen (secondary N) is 1. The van der Waals surface area contributed by atoms with E-state index in [2.05, 4.69) is 15.0 Å². The van der Waals surface area contributed by atoms with Crippen molar-refractivity contribution in [1.29, 1.82) is 0 Å². The molecule has 1 saturated heterocycles. The average molecular weight is 318 g/mol. The van der Waals surface area contributed by atoms with Crippen molar-refractivity contribution in [2.24, 2.45) is 0 Å². The van der Waals surface area contributed by atoms with Gasteiger partial charge < -0.3 is 9.72 Å². The first-order valence-corrected chi connectivity index (χ1v) is 8.11. The fourth-order valence-electron chi connectivity index (χ4n) is 3.09. The zero-order chi connectivity index (χ0) is 16.4. The maximum absolute atomic E-state index is 12.3. The van der Waals surface area contributed by atoms with Crippen LogP contribution in [0.15, 0.2) is 10.9 Å². The van der Waals surface area contributed by atoms with Crippen molar-refractivity contribution in [2.45, 2.75) is 39.7 Å². The Hall–Kier alpha value is -2.15. The first kappa shape index (κ1) is 15.7. The van der Waals surface area contributed by atoms with Gasteiger partial charge in [-0.15, -0.1) is 0 Å². The van der Waals surface area contributed by atoms with Gasteiger partial charge in [0.2, 0.25) is 0 Å². The molecule has 1 N–H and O–H groups in total. The van der Waals surface area contributed by atoms with Crippen molar-refractivity contribution in [3.63, 3.8) is 0 Å². The van der Waals surface area contributed by atoms with Crippen molar-refractivity contribution in [2.75, 3.05) is 19.7 Å². The molecule has 0 bridgehead atoms. The molecule has 3 rings (SSSR count). The number of piperidine rings is 1. The minimum absolute atomic E-state index is 0.232. The highest BCUT2D eigenvalue weighted by Crippen LogP contribution is 2.16. The zero-order valence-electron chi connectivity index (χ0n) is 13.6. The van der Waals surface area contributed by atoms with Crippen molar-refractivity contribution >= 4 is 11.6 Å². The molecule has 0 radical (unpaired) electrons. The summed E-state index contributed by atoms with van der Waals surface area (Å²) in [5.41, 5.74) is 1.82. The van der Waals surface area contributed by atoms with Crippen LogP contribution in [0.5, 0.6) is 0 Å². The minimum atomic E-state index is -0.453. The molecule has 124 valence electrons. The van der Waals surface area contributed by atoms with E-state index in [1.165, 1.54) is 23.8 Å². The second-order valence-corrected chi connectivity index (χ2v) is 5.91. The van der Waals surface area contributed by atoms with Gasteiger partial charge >= 0.3 is 5.97 Å². The predicted octanol–water partition coefficient (Wildman–Crippen LogP) is 1.49. The van der Waals surface area contributed by atoms with Gasteiger partial charge in [-0.3, -0.25) is 9.69 Å². The molecule has 0 spiro atoms. The predicted molar refractivity (Wildman–Crippen MR) is 85.6 cm³/mol. The number of ether oxygens (including phenoxy) is 1. The third kappa shape index (κ3) is 3.14. The van der Waals surface area contributed by atoms with Gasteiger partial charge in [0.1, 0.15) is 5.56 Å². The van der Waals surface area contributed by atoms with E-state index in [0.29, 0.717) is 23.4 Å². The summed E-state index contributed by atoms with van der Waals surface area (Å²) in [6.07, 6.45) is 3.64. The van der Waals surface area contributed by atoms with Crippen LogP contribution >= 0.6 is 0 Å². The zero-order valence-corrected chi connectivity index (χ0v) is 13.6. The highest BCUT2D eigenvalue weighted by atomic mass is 16.5. The number of aromatic amines is 1. The summed E-state index contributed by atoms with van der Waals surface area (Å²) in [6, 6.07) is 1.56. The van der Waals surface area contributed by atoms with Crippen LogP contribution in [0.25, 0.3) is 5.65 Å². The minimum Gasteiger partial charge on any atom is -0.462 e. The molecular formula is C16H22N4O3. The second kappa shape index (κ2) is 6.54. The Labute approximate surface area is 134 Å². The number of likely N-dealkylation sites (tertiary alicyclic amines) is 1. The van der Waals surface area contributed by atoms with Gasteiger partial charge in [-0.25, -0.2) is 4.79 Å². The van der Waals surface area contributed by atoms with Crippen LogP contribution in [0.4, 0.5) is 0 Å². The number of aromatic nitrogens is 3. The van der Waals surface area contributed by atoms with Crippen molar-refractivity contribution in [3.8, 4) is 0 Å². The van der Waals surface area contributed by atoms with Gasteiger partial charge in [0.15, 0.2) is 5.65 Å². The van der Waals surface area contributed by atoms with Crippen LogP contribution in [0.3, 0.4) is 0 Å². The third-order valence-electron chi connectivity index (χ3n) is 4.17. The number of rotatable bonds is 4. The monoisotopic (exact) mass is 318 g/mol. The number of carbonyl (C=O) groups is 1. The molecule has 0 amide bonds. The lowest BCUT2D eigenvalue weighted by atomic mass is 10.1. The largest absolute Gasteiger partial charge is 0.462 e. The summed E-state index contributed by atoms with van der Waals surface area (Å²) < 4.78 is 6.32. The fourth-order valence-corrected chi connectivity index (χ4v) is 3.09. The highest BCUT2D eigenvalue weighted by Gasteiger charge is 2.21. The normalized spacial score (nSPS) is 15.9. The molecule has 1 fully saturated rings. The number of H-pyrrole nitrogens is 1. The maximum atomic E-state index is 12.3. The van der Waals surface area contributed by atoms with E-state index in [9.17, 15) is 9.59 Å². The van der Waals surface area contributed by atoms with E-state index in [-0.39, 0.29) is 12.2 Å². The van der Waals surface area contributed by atoms with E-state index in [1.807, 2.05) is 0 Å². The molecular weight excluding hydrogens is 296 g/mol. The third-order valence-corrected chi connectivity index (χ3v) is 4.17. The number of esters is 1. The van der Waals surface area contributed by atoms with Crippen LogP contribution < -0.4 is 5.56 Å². The SMILES string of the molecule is CCOC(=O)c1c(C)nn2c(=O)cc(CN3CCCCC3)[nH]c12. The Morgan fingerprint density at radius 3 is 2.78 bits per heavy atom. The highest BCUT2D eigenvalue weighted by molar-refractivity contribution is 5.97. The van der Waals surface area contributed by atoms with Gasteiger partial charge in [0, 0.05) is 18.3 Å². The molecule has 0 aliphatic carbocycles. The van der Waals surface area contributed by atoms with Gasteiger partial charge in [-0.1, -0.05) is 6.42 Å². The van der Waals surface area contributed by atoms with E-state index in [0.717, 1.165) is 18.8 Å². The number of fused-ring (bicyclic) bond motifs is 1. The van der Waals surface area contributed by atoms with E-state index >= 15 is 0 Å². The fraction of sp³-hybridized carbons (Fsp3) is 0.562. The lowest BCUT2D eigenvalue weighted by molar-refractivity contribution is 0.0527. The molecule has 2 aromatic rings. The van der Waals surface area contributed by atoms with Crippen LogP contribution in [-0.4, -0.2) is 45.2 Å². The number of aryl methyl sites for hydroxylation is 1. The molecule has 3 heterocycles. The van der Waals surface area contributed by atoms with Crippen molar-refractivity contribution in [1.82, 2.24) is 19.5 Å². The van der Waals surface area contributed by atoms with Gasteiger partial charge in [-0.05, 0) is 39.8 Å².